The van der Waals surface area contributed by atoms with Gasteiger partial charge in [-0.3, -0.25) is 19.6 Å². The molecule has 1 saturated heterocycles. The van der Waals surface area contributed by atoms with Crippen LogP contribution in [-0.4, -0.2) is 78.3 Å². The Balaban J connectivity index is 1.41. The number of carbonyl (C=O) groups is 2. The fourth-order valence-corrected chi connectivity index (χ4v) is 6.13. The van der Waals surface area contributed by atoms with Gasteiger partial charge < -0.3 is 20.3 Å². The molecule has 2 amide bonds. The number of likely N-dealkylation sites (N-methyl/N-ethyl adjacent to an activating group) is 1. The maximum Gasteiger partial charge on any atom is 0.256 e. The first-order chi connectivity index (χ1) is 17.9. The van der Waals surface area contributed by atoms with Crippen LogP contribution in [0.2, 0.25) is 0 Å². The standard InChI is InChI=1S/C28H31N5O3S/c1-33(2)12-11-29-27(35)22-15-30-23-10-9-18(13-21(23)26(22)36-3)16-37-17-25(34)32-28(37)31-24-14-20(24)19-7-5-4-6-8-19/h4-10,13,15-16,20,24H,11-12,14,17H2,1-3H3,(H,29,35)(H,31,32,34)/t20-,24+,37?/m0/s1. The van der Waals surface area contributed by atoms with Gasteiger partial charge in [-0.25, -0.2) is 0 Å². The molecule has 1 saturated carbocycles. The number of benzene rings is 2. The number of carbonyl (C=O) groups excluding carboxylic acids is 2. The minimum Gasteiger partial charge on any atom is -0.495 e. The Morgan fingerprint density at radius 2 is 2.08 bits per heavy atom. The summed E-state index contributed by atoms with van der Waals surface area (Å²) in [5.74, 6) is 1.07. The molecular formula is C28H31N5O3S. The van der Waals surface area contributed by atoms with Crippen LogP contribution < -0.4 is 15.4 Å². The molecule has 0 bridgehead atoms. The Morgan fingerprint density at radius 3 is 2.84 bits per heavy atom. The minimum absolute atomic E-state index is 0.00744. The van der Waals surface area contributed by atoms with E-state index in [-0.39, 0.29) is 17.9 Å². The molecule has 1 aliphatic carbocycles. The topological polar surface area (TPSA) is 95.9 Å². The van der Waals surface area contributed by atoms with E-state index in [1.807, 2.05) is 43.3 Å². The zero-order valence-corrected chi connectivity index (χ0v) is 22.0. The average molecular weight is 518 g/mol. The molecule has 0 radical (unpaired) electrons. The van der Waals surface area contributed by atoms with Gasteiger partial charge >= 0.3 is 0 Å². The molecule has 9 heteroatoms. The molecular weight excluding hydrogens is 486 g/mol. The lowest BCUT2D eigenvalue weighted by Crippen LogP contribution is -2.31. The Kier molecular flexibility index (Phi) is 7.34. The Morgan fingerprint density at radius 1 is 1.27 bits per heavy atom. The van der Waals surface area contributed by atoms with Crippen molar-refractivity contribution in [2.24, 2.45) is 4.99 Å². The van der Waals surface area contributed by atoms with Gasteiger partial charge in [-0.2, -0.15) is 0 Å². The summed E-state index contributed by atoms with van der Waals surface area (Å²) < 4.78 is 5.67. The lowest BCUT2D eigenvalue weighted by atomic mass is 10.1. The highest BCUT2D eigenvalue weighted by molar-refractivity contribution is 8.29. The smallest absolute Gasteiger partial charge is 0.256 e. The monoisotopic (exact) mass is 517 g/mol. The molecule has 37 heavy (non-hydrogen) atoms. The molecule has 192 valence electrons. The predicted octanol–water partition coefficient (Wildman–Crippen LogP) is 3.00. The normalized spacial score (nSPS) is 22.0. The Hall–Kier alpha value is -3.56. The summed E-state index contributed by atoms with van der Waals surface area (Å²) in [6.45, 7) is 1.26. The second kappa shape index (κ2) is 10.8. The van der Waals surface area contributed by atoms with Gasteiger partial charge in [-0.05, 0) is 49.1 Å². The second-order valence-electron chi connectivity index (χ2n) is 9.53. The summed E-state index contributed by atoms with van der Waals surface area (Å²) in [6.07, 6.45) is 2.55. The van der Waals surface area contributed by atoms with E-state index < -0.39 is 10.5 Å². The Bertz CT molecular complexity index is 1400. The third-order valence-corrected chi connectivity index (χ3v) is 8.30. The largest absolute Gasteiger partial charge is 0.495 e. The van der Waals surface area contributed by atoms with E-state index in [9.17, 15) is 9.59 Å². The highest BCUT2D eigenvalue weighted by atomic mass is 32.2. The number of ether oxygens (including phenoxy) is 1. The summed E-state index contributed by atoms with van der Waals surface area (Å²) in [5, 5.41) is 9.50. The number of hydrogen-bond donors (Lipinski definition) is 2. The third kappa shape index (κ3) is 5.73. The van der Waals surface area contributed by atoms with Crippen molar-refractivity contribution >= 4 is 43.7 Å². The number of aromatic nitrogens is 1. The first kappa shape index (κ1) is 25.1. The SMILES string of the molecule is COc1c(C(=O)NCCN(C)C)cnc2ccc(C=S3CC(=O)NC3=N[C@@H]3C[C@H]3c3ccccc3)cc12. The Labute approximate surface area is 219 Å². The van der Waals surface area contributed by atoms with Gasteiger partial charge in [0.2, 0.25) is 5.91 Å². The van der Waals surface area contributed by atoms with E-state index in [0.29, 0.717) is 29.5 Å². The number of methoxy groups -OCH3 is 1. The van der Waals surface area contributed by atoms with E-state index >= 15 is 0 Å². The van der Waals surface area contributed by atoms with Gasteiger partial charge in [0.15, 0.2) is 5.17 Å². The van der Waals surface area contributed by atoms with Crippen LogP contribution >= 0.6 is 10.5 Å². The molecule has 0 spiro atoms. The van der Waals surface area contributed by atoms with Crippen molar-refractivity contribution in [3.05, 3.63) is 71.4 Å². The summed E-state index contributed by atoms with van der Waals surface area (Å²) in [4.78, 5) is 36.5. The van der Waals surface area contributed by atoms with E-state index in [1.54, 1.807) is 13.3 Å². The molecule has 1 unspecified atom stereocenters. The van der Waals surface area contributed by atoms with Crippen LogP contribution in [0, 0.1) is 0 Å². The van der Waals surface area contributed by atoms with Crippen LogP contribution in [0.15, 0.2) is 59.7 Å². The zero-order chi connectivity index (χ0) is 25.9. The van der Waals surface area contributed by atoms with Gasteiger partial charge in [-0.1, -0.05) is 36.4 Å². The van der Waals surface area contributed by atoms with Gasteiger partial charge in [0.1, 0.15) is 11.3 Å². The van der Waals surface area contributed by atoms with Crippen LogP contribution in [-0.2, 0) is 4.79 Å². The van der Waals surface area contributed by atoms with Crippen molar-refractivity contribution in [2.45, 2.75) is 18.4 Å². The van der Waals surface area contributed by atoms with Crippen LogP contribution in [0.5, 0.6) is 5.75 Å². The molecule has 3 atom stereocenters. The van der Waals surface area contributed by atoms with Crippen molar-refractivity contribution < 1.29 is 14.3 Å². The number of amides is 2. The lowest BCUT2D eigenvalue weighted by molar-refractivity contribution is -0.116. The first-order valence-electron chi connectivity index (χ1n) is 12.3. The highest BCUT2D eigenvalue weighted by Gasteiger charge is 2.39. The predicted molar refractivity (Wildman–Crippen MR) is 150 cm³/mol. The van der Waals surface area contributed by atoms with E-state index in [2.05, 4.69) is 45.3 Å². The van der Waals surface area contributed by atoms with E-state index in [0.717, 1.165) is 34.6 Å². The maximum atomic E-state index is 12.8. The number of aliphatic imine (C=N–C) groups is 1. The number of fused-ring (bicyclic) bond motifs is 1. The number of amidine groups is 1. The number of hydrogen-bond acceptors (Lipinski definition) is 6. The molecule has 3 aromatic rings. The fraction of sp³-hybridized carbons (Fsp3) is 0.321. The second-order valence-corrected chi connectivity index (χ2v) is 11.3. The van der Waals surface area contributed by atoms with Crippen molar-refractivity contribution in [3.63, 3.8) is 0 Å². The highest BCUT2D eigenvalue weighted by Crippen LogP contribution is 2.44. The van der Waals surface area contributed by atoms with Crippen molar-refractivity contribution in [2.75, 3.05) is 40.0 Å². The molecule has 1 aromatic heterocycles. The molecule has 2 heterocycles. The van der Waals surface area contributed by atoms with E-state index in [4.69, 9.17) is 9.73 Å². The number of nitrogens with zero attached hydrogens (tertiary/aromatic N) is 3. The molecule has 5 rings (SSSR count). The zero-order valence-electron chi connectivity index (χ0n) is 21.2. The summed E-state index contributed by atoms with van der Waals surface area (Å²) >= 11 is 0. The van der Waals surface area contributed by atoms with Crippen LogP contribution in [0.1, 0.15) is 33.8 Å². The summed E-state index contributed by atoms with van der Waals surface area (Å²) in [6, 6.07) is 16.4. The van der Waals surface area contributed by atoms with Gasteiger partial charge in [0.25, 0.3) is 5.91 Å². The van der Waals surface area contributed by atoms with E-state index in [1.165, 1.54) is 5.56 Å². The van der Waals surface area contributed by atoms with Crippen LogP contribution in [0.3, 0.4) is 0 Å². The van der Waals surface area contributed by atoms with Gasteiger partial charge in [0.05, 0.1) is 24.4 Å². The maximum absolute atomic E-state index is 12.8. The lowest BCUT2D eigenvalue weighted by Gasteiger charge is -2.13. The summed E-state index contributed by atoms with van der Waals surface area (Å²) in [5.41, 5.74) is 3.36. The molecule has 8 nitrogen and oxygen atoms in total. The van der Waals surface area contributed by atoms with Crippen LogP contribution in [0.4, 0.5) is 0 Å². The van der Waals surface area contributed by atoms with Crippen LogP contribution in [0.25, 0.3) is 10.9 Å². The first-order valence-corrected chi connectivity index (χ1v) is 13.8. The van der Waals surface area contributed by atoms with Crippen molar-refractivity contribution in [1.29, 1.82) is 0 Å². The minimum atomic E-state index is -0.453. The molecule has 2 N–H and O–H groups in total. The molecule has 2 fully saturated rings. The van der Waals surface area contributed by atoms with Crippen molar-refractivity contribution in [1.82, 2.24) is 20.5 Å². The molecule has 2 aromatic carbocycles. The van der Waals surface area contributed by atoms with Crippen molar-refractivity contribution in [3.8, 4) is 5.75 Å². The van der Waals surface area contributed by atoms with Gasteiger partial charge in [0, 0.05) is 30.6 Å². The third-order valence-electron chi connectivity index (χ3n) is 6.46. The summed E-state index contributed by atoms with van der Waals surface area (Å²) in [7, 11) is 5.02. The quantitative estimate of drug-likeness (QED) is 0.448. The number of rotatable bonds is 8. The fourth-order valence-electron chi connectivity index (χ4n) is 4.45. The number of nitrogens with one attached hydrogen (secondary N) is 2. The number of pyridine rings is 1. The average Bonchev–Trinajstić information content (AvgIpc) is 3.58. The molecule has 2 aliphatic rings. The molecule has 1 aliphatic heterocycles. The van der Waals surface area contributed by atoms with Gasteiger partial charge in [-0.15, -0.1) is 10.5 Å².